The minimum atomic E-state index is -1.28. The van der Waals surface area contributed by atoms with Crippen LogP contribution < -0.4 is 26.0 Å². The van der Waals surface area contributed by atoms with Crippen molar-refractivity contribution in [3.63, 3.8) is 0 Å². The van der Waals surface area contributed by atoms with Crippen LogP contribution in [0.15, 0.2) is 52.3 Å². The number of carbonyl (C=O) groups is 3. The van der Waals surface area contributed by atoms with Gasteiger partial charge in [-0.1, -0.05) is 37.7 Å². The van der Waals surface area contributed by atoms with Gasteiger partial charge in [0.1, 0.15) is 17.8 Å². The average Bonchev–Trinajstić information content (AvgIpc) is 3.39. The van der Waals surface area contributed by atoms with E-state index in [9.17, 15) is 19.5 Å². The number of amides is 3. The zero-order chi connectivity index (χ0) is 29.5. The van der Waals surface area contributed by atoms with Crippen molar-refractivity contribution in [3.05, 3.63) is 42.5 Å². The molecule has 5 atom stereocenters. The first-order chi connectivity index (χ1) is 19.6. The summed E-state index contributed by atoms with van der Waals surface area (Å²) in [6.45, 7) is 5.35. The van der Waals surface area contributed by atoms with Crippen molar-refractivity contribution in [1.29, 1.82) is 0 Å². The molecule has 0 bridgehead atoms. The Labute approximate surface area is 244 Å². The van der Waals surface area contributed by atoms with Gasteiger partial charge in [-0.25, -0.2) is 0 Å². The molecule has 2 unspecified atom stereocenters. The van der Waals surface area contributed by atoms with Crippen LogP contribution in [0.5, 0.6) is 5.75 Å². The fraction of sp³-hybridized carbons (Fsp3) is 0.483. The number of para-hydroxylation sites is 1. The molecule has 0 aromatic heterocycles. The number of aliphatic hydroxyl groups excluding tert-OH is 1. The third-order valence-corrected chi connectivity index (χ3v) is 7.87. The molecule has 2 aliphatic rings. The van der Waals surface area contributed by atoms with E-state index in [-0.39, 0.29) is 24.5 Å². The Bertz CT molecular complexity index is 1240. The molecule has 3 amide bonds. The highest BCUT2D eigenvalue weighted by Gasteiger charge is 2.34. The maximum absolute atomic E-state index is 13.1. The molecule has 12 heteroatoms. The normalized spacial score (nSPS) is 19.7. The van der Waals surface area contributed by atoms with E-state index in [0.29, 0.717) is 25.2 Å². The van der Waals surface area contributed by atoms with Crippen LogP contribution in [0.4, 0.5) is 11.4 Å². The summed E-state index contributed by atoms with van der Waals surface area (Å²) in [5, 5.41) is 21.8. The Morgan fingerprint density at radius 1 is 1.07 bits per heavy atom. The van der Waals surface area contributed by atoms with Gasteiger partial charge in [0, 0.05) is 23.0 Å². The summed E-state index contributed by atoms with van der Waals surface area (Å²) < 4.78 is 16.4. The largest absolute Gasteiger partial charge is 0.484 e. The first-order valence-electron chi connectivity index (χ1n) is 13.7. The van der Waals surface area contributed by atoms with Crippen LogP contribution in [-0.4, -0.2) is 73.7 Å². The van der Waals surface area contributed by atoms with Crippen molar-refractivity contribution in [3.8, 4) is 5.75 Å². The maximum atomic E-state index is 13.1. The van der Waals surface area contributed by atoms with Crippen molar-refractivity contribution >= 4 is 40.9 Å². The first-order valence-corrected chi connectivity index (χ1v) is 14.5. The van der Waals surface area contributed by atoms with E-state index in [4.69, 9.17) is 14.2 Å². The number of aliphatic hydroxyl groups is 1. The number of anilines is 2. The molecule has 1 saturated heterocycles. The number of methoxy groups -OCH3 is 1. The quantitative estimate of drug-likeness (QED) is 0.216. The molecule has 41 heavy (non-hydrogen) atoms. The Kier molecular flexibility index (Phi) is 10.5. The first kappa shape index (κ1) is 30.6. The lowest BCUT2D eigenvalue weighted by Gasteiger charge is -2.27. The molecule has 2 aromatic carbocycles. The number of fused-ring (bicyclic) bond motifs is 2. The summed E-state index contributed by atoms with van der Waals surface area (Å²) in [4.78, 5) is 41.1. The van der Waals surface area contributed by atoms with Crippen molar-refractivity contribution < 1.29 is 33.7 Å². The Morgan fingerprint density at radius 3 is 2.56 bits per heavy atom. The molecular weight excluding hydrogens is 548 g/mol. The molecular formula is C29H38N4O7S. The summed E-state index contributed by atoms with van der Waals surface area (Å²) in [6.07, 6.45) is -0.820. The monoisotopic (exact) mass is 586 g/mol. The van der Waals surface area contributed by atoms with E-state index < -0.39 is 36.3 Å². The van der Waals surface area contributed by atoms with Crippen molar-refractivity contribution in [2.75, 3.05) is 25.6 Å². The summed E-state index contributed by atoms with van der Waals surface area (Å²) in [5.74, 6) is -1.08. The Balaban J connectivity index is 1.33. The highest BCUT2D eigenvalue weighted by atomic mass is 32.2. The minimum Gasteiger partial charge on any atom is -0.484 e. The smallest absolute Gasteiger partial charge is 0.258 e. The van der Waals surface area contributed by atoms with Crippen LogP contribution in [0.2, 0.25) is 0 Å². The van der Waals surface area contributed by atoms with Gasteiger partial charge in [-0.15, -0.1) is 0 Å². The number of hydrogen-bond donors (Lipinski definition) is 5. The molecule has 1 fully saturated rings. The van der Waals surface area contributed by atoms with E-state index in [1.54, 1.807) is 17.8 Å². The second-order valence-electron chi connectivity index (χ2n) is 10.5. The molecule has 2 aromatic rings. The van der Waals surface area contributed by atoms with Gasteiger partial charge < -0.3 is 40.6 Å². The van der Waals surface area contributed by atoms with Crippen LogP contribution in [0, 0.1) is 5.92 Å². The van der Waals surface area contributed by atoms with Crippen LogP contribution in [0.3, 0.4) is 0 Å². The zero-order valence-electron chi connectivity index (χ0n) is 23.6. The summed E-state index contributed by atoms with van der Waals surface area (Å²) in [5.41, 5.74) is 1.86. The molecule has 0 aliphatic carbocycles. The molecule has 5 N–H and O–H groups in total. The van der Waals surface area contributed by atoms with E-state index in [2.05, 4.69) is 21.3 Å². The van der Waals surface area contributed by atoms with E-state index in [0.717, 1.165) is 21.2 Å². The maximum Gasteiger partial charge on any atom is 0.258 e. The van der Waals surface area contributed by atoms with Gasteiger partial charge in [0.15, 0.2) is 12.9 Å². The zero-order valence-corrected chi connectivity index (χ0v) is 24.5. The summed E-state index contributed by atoms with van der Waals surface area (Å²) in [6, 6.07) is 11.0. The van der Waals surface area contributed by atoms with Crippen LogP contribution >= 0.6 is 11.8 Å². The molecule has 0 saturated carbocycles. The number of ether oxygens (including phenoxy) is 3. The third kappa shape index (κ3) is 8.13. The van der Waals surface area contributed by atoms with Crippen molar-refractivity contribution in [2.45, 2.75) is 73.9 Å². The molecule has 222 valence electrons. The van der Waals surface area contributed by atoms with Crippen LogP contribution in [0.1, 0.15) is 33.6 Å². The lowest BCUT2D eigenvalue weighted by Crippen LogP contribution is -2.58. The molecule has 4 rings (SSSR count). The number of benzene rings is 2. The molecule has 11 nitrogen and oxygen atoms in total. The Morgan fingerprint density at radius 2 is 1.83 bits per heavy atom. The van der Waals surface area contributed by atoms with Gasteiger partial charge in [-0.3, -0.25) is 14.4 Å². The van der Waals surface area contributed by atoms with Gasteiger partial charge in [0.25, 0.3) is 5.91 Å². The van der Waals surface area contributed by atoms with Crippen molar-refractivity contribution in [2.24, 2.45) is 5.92 Å². The Hall–Kier alpha value is -3.32. The highest BCUT2D eigenvalue weighted by Crippen LogP contribution is 2.44. The number of nitrogens with one attached hydrogen (secondary N) is 4. The predicted octanol–water partition coefficient (Wildman–Crippen LogP) is 2.55. The fourth-order valence-corrected chi connectivity index (χ4v) is 5.63. The second kappa shape index (κ2) is 14.0. The predicted molar refractivity (Wildman–Crippen MR) is 154 cm³/mol. The highest BCUT2D eigenvalue weighted by molar-refractivity contribution is 7.99. The summed E-state index contributed by atoms with van der Waals surface area (Å²) in [7, 11) is 1.50. The molecule has 2 aliphatic heterocycles. The van der Waals surface area contributed by atoms with Gasteiger partial charge >= 0.3 is 0 Å². The molecule has 2 heterocycles. The number of hydrogen-bond acceptors (Lipinski definition) is 9. The molecule has 0 radical (unpaired) electrons. The fourth-order valence-electron chi connectivity index (χ4n) is 4.66. The van der Waals surface area contributed by atoms with Gasteiger partial charge in [-0.05, 0) is 49.9 Å². The summed E-state index contributed by atoms with van der Waals surface area (Å²) >= 11 is 1.64. The topological polar surface area (TPSA) is 147 Å². The SMILES string of the molecule is COC1OCC[C@@H]1NC(=O)[C@H](CC(C)C)NC(=O)[C@@H](NC(=O)COc1ccc2c(c1)Nc1ccccc1S2)C(C)O. The van der Waals surface area contributed by atoms with Gasteiger partial charge in [0.2, 0.25) is 11.8 Å². The third-order valence-electron chi connectivity index (χ3n) is 6.72. The van der Waals surface area contributed by atoms with Gasteiger partial charge in [0.05, 0.1) is 30.1 Å². The van der Waals surface area contributed by atoms with Gasteiger partial charge in [-0.2, -0.15) is 0 Å². The van der Waals surface area contributed by atoms with E-state index >= 15 is 0 Å². The number of carbonyl (C=O) groups excluding carboxylic acids is 3. The lowest BCUT2D eigenvalue weighted by molar-refractivity contribution is -0.136. The van der Waals surface area contributed by atoms with E-state index in [1.165, 1.54) is 14.0 Å². The van der Waals surface area contributed by atoms with Crippen LogP contribution in [0.25, 0.3) is 0 Å². The number of rotatable bonds is 12. The minimum absolute atomic E-state index is 0.0927. The van der Waals surface area contributed by atoms with Crippen LogP contribution in [-0.2, 0) is 23.9 Å². The lowest BCUT2D eigenvalue weighted by atomic mass is 10.0. The second-order valence-corrected chi connectivity index (χ2v) is 11.6. The molecule has 0 spiro atoms. The average molecular weight is 587 g/mol. The van der Waals surface area contributed by atoms with E-state index in [1.807, 2.05) is 50.2 Å². The standard InChI is InChI=1S/C29H38N4O7S/c1-16(2)13-22(27(36)31-20-11-12-39-29(20)38-4)32-28(37)26(17(3)34)33-25(35)15-40-18-9-10-24-21(14-18)30-19-7-5-6-8-23(19)41-24/h5-10,14,16-17,20,22,26,29-30,34H,11-13,15H2,1-4H3,(H,31,36)(H,32,37)(H,33,35)/t17?,20-,22-,26-,29?/m0/s1. The van der Waals surface area contributed by atoms with Crippen molar-refractivity contribution in [1.82, 2.24) is 16.0 Å².